The van der Waals surface area contributed by atoms with Gasteiger partial charge in [-0.15, -0.1) is 0 Å². The summed E-state index contributed by atoms with van der Waals surface area (Å²) < 4.78 is 6.40. The predicted octanol–water partition coefficient (Wildman–Crippen LogP) is 9.79. The highest BCUT2D eigenvalue weighted by Crippen LogP contribution is 2.37. The third-order valence-electron chi connectivity index (χ3n) is 7.43. The lowest BCUT2D eigenvalue weighted by Gasteiger charge is -2.27. The second kappa shape index (κ2) is 10.7. The summed E-state index contributed by atoms with van der Waals surface area (Å²) in [5.74, 6) is 0. The Labute approximate surface area is 238 Å². The molecule has 4 nitrogen and oxygen atoms in total. The molecule has 0 radical (unpaired) electrons. The fraction of sp³-hybridized carbons (Fsp3) is 0.0541. The summed E-state index contributed by atoms with van der Waals surface area (Å²) in [5, 5.41) is 1.11. The summed E-state index contributed by atoms with van der Waals surface area (Å²) >= 11 is 0. The van der Waals surface area contributed by atoms with Crippen molar-refractivity contribution >= 4 is 50.4 Å². The largest absolute Gasteiger partial charge is 0.456 e. The summed E-state index contributed by atoms with van der Waals surface area (Å²) in [6.07, 6.45) is 8.64. The number of nitrogens with zero attached hydrogens (tertiary/aromatic N) is 2. The van der Waals surface area contributed by atoms with Crippen molar-refractivity contribution in [2.24, 2.45) is 0 Å². The van der Waals surface area contributed by atoms with E-state index >= 15 is 0 Å². The highest BCUT2D eigenvalue weighted by atomic mass is 16.3. The first-order valence-electron chi connectivity index (χ1n) is 13.9. The van der Waals surface area contributed by atoms with Gasteiger partial charge in [0.05, 0.1) is 10.8 Å². The average molecular weight is 533 g/mol. The monoisotopic (exact) mass is 532 g/mol. The van der Waals surface area contributed by atoms with Crippen LogP contribution in [0.5, 0.6) is 0 Å². The van der Waals surface area contributed by atoms with Crippen LogP contribution in [-0.2, 0) is 0 Å². The normalized spacial score (nSPS) is 12.8. The van der Waals surface area contributed by atoms with Crippen molar-refractivity contribution in [3.8, 4) is 0 Å². The van der Waals surface area contributed by atoms with E-state index in [9.17, 15) is 4.79 Å². The van der Waals surface area contributed by atoms with Gasteiger partial charge in [0.2, 0.25) is 5.43 Å². The maximum Gasteiger partial charge on any atom is 0.200 e. The van der Waals surface area contributed by atoms with Crippen molar-refractivity contribution in [1.29, 1.82) is 0 Å². The number of hydrogen-bond acceptors (Lipinski definition) is 4. The second-order valence-electron chi connectivity index (χ2n) is 10.1. The lowest BCUT2D eigenvalue weighted by atomic mass is 10.1. The minimum atomic E-state index is -0.0428. The van der Waals surface area contributed by atoms with Crippen molar-refractivity contribution in [3.05, 3.63) is 162 Å². The molecule has 0 N–H and O–H groups in total. The zero-order valence-electron chi connectivity index (χ0n) is 22.5. The molecule has 5 aromatic carbocycles. The zero-order chi connectivity index (χ0) is 27.6. The van der Waals surface area contributed by atoms with Gasteiger partial charge in [-0.05, 0) is 85.6 Å². The summed E-state index contributed by atoms with van der Waals surface area (Å²) in [6, 6.07) is 42.3. The SMILES string of the molecule is O=c1c2ccc(N(C3=CCCC=C3)c3ccccc3)cc2oc2ccc(N(c3ccccc3)c3ccccc3)cc12. The predicted molar refractivity (Wildman–Crippen MR) is 170 cm³/mol. The van der Waals surface area contributed by atoms with Gasteiger partial charge in [0, 0.05) is 40.2 Å². The van der Waals surface area contributed by atoms with Gasteiger partial charge in [0.15, 0.2) is 0 Å². The topological polar surface area (TPSA) is 36.7 Å². The molecule has 0 fully saturated rings. The maximum atomic E-state index is 13.9. The van der Waals surface area contributed by atoms with Gasteiger partial charge >= 0.3 is 0 Å². The summed E-state index contributed by atoms with van der Waals surface area (Å²) in [4.78, 5) is 18.2. The van der Waals surface area contributed by atoms with E-state index in [-0.39, 0.29) is 5.43 Å². The van der Waals surface area contributed by atoms with Crippen LogP contribution < -0.4 is 15.2 Å². The molecule has 4 heteroatoms. The molecule has 0 bridgehead atoms. The van der Waals surface area contributed by atoms with E-state index in [1.807, 2.05) is 91.0 Å². The van der Waals surface area contributed by atoms with E-state index in [0.29, 0.717) is 21.9 Å². The zero-order valence-corrected chi connectivity index (χ0v) is 22.5. The molecule has 0 unspecified atom stereocenters. The number of rotatable bonds is 6. The molecular weight excluding hydrogens is 504 g/mol. The number of hydrogen-bond donors (Lipinski definition) is 0. The number of benzene rings is 5. The molecule has 0 saturated carbocycles. The number of allylic oxidation sites excluding steroid dienone is 3. The van der Waals surface area contributed by atoms with Crippen LogP contribution in [0.3, 0.4) is 0 Å². The van der Waals surface area contributed by atoms with Crippen LogP contribution in [0.25, 0.3) is 21.9 Å². The average Bonchev–Trinajstić information content (AvgIpc) is 3.04. The van der Waals surface area contributed by atoms with Gasteiger partial charge in [0.1, 0.15) is 11.2 Å². The summed E-state index contributed by atoms with van der Waals surface area (Å²) in [6.45, 7) is 0. The third-order valence-corrected chi connectivity index (χ3v) is 7.43. The van der Waals surface area contributed by atoms with Crippen LogP contribution in [0, 0.1) is 0 Å². The quantitative estimate of drug-likeness (QED) is 0.200. The van der Waals surface area contributed by atoms with Gasteiger partial charge in [0.25, 0.3) is 0 Å². The van der Waals surface area contributed by atoms with E-state index in [4.69, 9.17) is 4.42 Å². The highest BCUT2D eigenvalue weighted by Gasteiger charge is 2.18. The molecule has 0 spiro atoms. The first-order chi connectivity index (χ1) is 20.3. The molecule has 0 atom stereocenters. The Hall–Kier alpha value is -5.35. The molecule has 7 rings (SSSR count). The molecule has 1 aliphatic rings. The molecule has 198 valence electrons. The van der Waals surface area contributed by atoms with E-state index < -0.39 is 0 Å². The minimum Gasteiger partial charge on any atom is -0.456 e. The standard InChI is InChI=1S/C37H28N2O2/c40-37-33-23-21-32(39(29-17-9-3-10-18-29)30-19-11-4-12-20-30)26-36(33)41-35-24-22-31(25-34(35)37)38(27-13-5-1-6-14-27)28-15-7-2-8-16-28/h1-3,5-11,13-26H,4,12H2. The van der Waals surface area contributed by atoms with Crippen LogP contribution >= 0.6 is 0 Å². The Morgan fingerprint density at radius 1 is 0.512 bits per heavy atom. The second-order valence-corrected chi connectivity index (χ2v) is 10.1. The van der Waals surface area contributed by atoms with E-state index in [0.717, 1.165) is 47.0 Å². The number of para-hydroxylation sites is 3. The Morgan fingerprint density at radius 3 is 1.71 bits per heavy atom. The molecular formula is C37H28N2O2. The van der Waals surface area contributed by atoms with Crippen molar-refractivity contribution in [3.63, 3.8) is 0 Å². The molecule has 0 aliphatic heterocycles. The van der Waals surface area contributed by atoms with Gasteiger partial charge in [-0.2, -0.15) is 0 Å². The summed E-state index contributed by atoms with van der Waals surface area (Å²) in [5.41, 5.74) is 7.11. The van der Waals surface area contributed by atoms with Crippen LogP contribution in [-0.4, -0.2) is 0 Å². The molecule has 1 aliphatic carbocycles. The van der Waals surface area contributed by atoms with Crippen molar-refractivity contribution < 1.29 is 4.42 Å². The Morgan fingerprint density at radius 2 is 1.10 bits per heavy atom. The molecule has 0 amide bonds. The van der Waals surface area contributed by atoms with Crippen LogP contribution in [0.4, 0.5) is 28.4 Å². The van der Waals surface area contributed by atoms with Crippen LogP contribution in [0.1, 0.15) is 12.8 Å². The first kappa shape index (κ1) is 24.7. The molecule has 1 aromatic heterocycles. The molecule has 1 heterocycles. The molecule has 6 aromatic rings. The third kappa shape index (κ3) is 4.70. The lowest BCUT2D eigenvalue weighted by Crippen LogP contribution is -2.16. The fourth-order valence-corrected chi connectivity index (χ4v) is 5.50. The first-order valence-corrected chi connectivity index (χ1v) is 13.9. The van der Waals surface area contributed by atoms with Crippen LogP contribution in [0.2, 0.25) is 0 Å². The lowest BCUT2D eigenvalue weighted by molar-refractivity contribution is 0.660. The van der Waals surface area contributed by atoms with Gasteiger partial charge < -0.3 is 14.2 Å². The molecule has 41 heavy (non-hydrogen) atoms. The Balaban J connectivity index is 1.36. The maximum absolute atomic E-state index is 13.9. The van der Waals surface area contributed by atoms with E-state index in [1.54, 1.807) is 0 Å². The summed E-state index contributed by atoms with van der Waals surface area (Å²) in [7, 11) is 0. The van der Waals surface area contributed by atoms with Gasteiger partial charge in [-0.1, -0.05) is 66.7 Å². The smallest absolute Gasteiger partial charge is 0.200 e. The van der Waals surface area contributed by atoms with Gasteiger partial charge in [-0.25, -0.2) is 0 Å². The highest BCUT2D eigenvalue weighted by molar-refractivity contribution is 5.94. The Bertz CT molecular complexity index is 1920. The molecule has 0 saturated heterocycles. The van der Waals surface area contributed by atoms with Crippen molar-refractivity contribution in [1.82, 2.24) is 0 Å². The van der Waals surface area contributed by atoms with Crippen LogP contribution in [0.15, 0.2) is 161 Å². The minimum absolute atomic E-state index is 0.0428. The Kier molecular flexibility index (Phi) is 6.42. The van der Waals surface area contributed by atoms with E-state index in [1.165, 1.54) is 0 Å². The van der Waals surface area contributed by atoms with Crippen molar-refractivity contribution in [2.75, 3.05) is 9.80 Å². The van der Waals surface area contributed by atoms with E-state index in [2.05, 4.69) is 64.4 Å². The van der Waals surface area contributed by atoms with Crippen molar-refractivity contribution in [2.45, 2.75) is 12.8 Å². The number of fused-ring (bicyclic) bond motifs is 2. The number of anilines is 5. The van der Waals surface area contributed by atoms with Gasteiger partial charge in [-0.3, -0.25) is 4.79 Å². The fourth-order valence-electron chi connectivity index (χ4n) is 5.50.